The van der Waals surface area contributed by atoms with E-state index in [0.29, 0.717) is 17.9 Å². The number of fused-ring (bicyclic) bond motifs is 1. The minimum atomic E-state index is -1.91. The number of hydrogen-bond acceptors (Lipinski definition) is 1. The first-order chi connectivity index (χ1) is 14.3. The minimum Gasteiger partial charge on any atom is -0.262 e. The van der Waals surface area contributed by atoms with Crippen molar-refractivity contribution in [1.82, 2.24) is 4.90 Å². The lowest BCUT2D eigenvalue weighted by Crippen LogP contribution is -2.55. The molecule has 3 aromatic carbocycles. The van der Waals surface area contributed by atoms with Gasteiger partial charge in [0.05, 0.1) is 0 Å². The molecule has 2 heteroatoms. The topological polar surface area (TPSA) is 3.24 Å². The number of rotatable bonds is 5. The molecule has 1 aliphatic heterocycles. The van der Waals surface area contributed by atoms with E-state index in [9.17, 15) is 0 Å². The van der Waals surface area contributed by atoms with Gasteiger partial charge in [0.15, 0.2) is 0 Å². The highest BCUT2D eigenvalue weighted by molar-refractivity contribution is 7.96. The first-order valence-corrected chi connectivity index (χ1v) is 13.1. The van der Waals surface area contributed by atoms with E-state index in [-0.39, 0.29) is 5.41 Å². The van der Waals surface area contributed by atoms with Crippen LogP contribution >= 0.6 is 7.26 Å². The van der Waals surface area contributed by atoms with Crippen molar-refractivity contribution in [3.05, 3.63) is 90.5 Å². The van der Waals surface area contributed by atoms with Crippen molar-refractivity contribution < 1.29 is 0 Å². The van der Waals surface area contributed by atoms with Crippen LogP contribution in [-0.2, 0) is 5.41 Å². The van der Waals surface area contributed by atoms with Gasteiger partial charge in [-0.2, -0.15) is 0 Å². The zero-order valence-electron chi connectivity index (χ0n) is 19.2. The van der Waals surface area contributed by atoms with E-state index < -0.39 is 7.26 Å². The van der Waals surface area contributed by atoms with E-state index in [1.54, 1.807) is 5.30 Å². The first-order valence-electron chi connectivity index (χ1n) is 11.2. The quantitative estimate of drug-likeness (QED) is 0.481. The summed E-state index contributed by atoms with van der Waals surface area (Å²) < 4.78 is 0. The lowest BCUT2D eigenvalue weighted by atomic mass is 9.83. The summed E-state index contributed by atoms with van der Waals surface area (Å²) in [4.78, 5) is 2.80. The highest BCUT2D eigenvalue weighted by atomic mass is 31.2. The molecule has 0 aromatic heterocycles. The molecule has 156 valence electrons. The van der Waals surface area contributed by atoms with Gasteiger partial charge < -0.3 is 0 Å². The van der Waals surface area contributed by atoms with Crippen LogP contribution in [0, 0.1) is 0 Å². The molecule has 1 nitrogen and oxygen atoms in total. The lowest BCUT2D eigenvalue weighted by molar-refractivity contribution is 0.119. The average Bonchev–Trinajstić information content (AvgIpc) is 2.94. The van der Waals surface area contributed by atoms with Crippen LogP contribution in [-0.4, -0.2) is 22.8 Å². The summed E-state index contributed by atoms with van der Waals surface area (Å²) in [5.74, 6) is 0.409. The molecular weight excluding hydrogens is 381 g/mol. The maximum atomic E-state index is 2.80. The van der Waals surface area contributed by atoms with Crippen molar-refractivity contribution >= 4 is 23.2 Å². The Hall–Kier alpha value is -1.95. The van der Waals surface area contributed by atoms with Crippen LogP contribution in [0.2, 0.25) is 0 Å². The van der Waals surface area contributed by atoms with Gasteiger partial charge in [0.2, 0.25) is 0 Å². The smallest absolute Gasteiger partial charge is 0.146 e. The lowest BCUT2D eigenvalue weighted by Gasteiger charge is -2.45. The number of nitrogens with zero attached hydrogens (tertiary/aromatic N) is 1. The van der Waals surface area contributed by atoms with Crippen LogP contribution in [0.15, 0.2) is 84.9 Å². The second-order valence-electron chi connectivity index (χ2n) is 9.64. The fourth-order valence-corrected chi connectivity index (χ4v) is 11.9. The molecule has 1 unspecified atom stereocenters. The molecule has 0 spiro atoms. The van der Waals surface area contributed by atoms with Crippen molar-refractivity contribution in [1.29, 1.82) is 0 Å². The summed E-state index contributed by atoms with van der Waals surface area (Å²) in [7, 11) is -1.91. The van der Waals surface area contributed by atoms with Crippen LogP contribution in [0.3, 0.4) is 0 Å². The second kappa shape index (κ2) is 7.95. The molecular formula is C28H35NP+. The Balaban J connectivity index is 2.17. The van der Waals surface area contributed by atoms with E-state index in [4.69, 9.17) is 0 Å². The molecule has 0 aliphatic carbocycles. The molecule has 0 saturated carbocycles. The molecule has 0 saturated heterocycles. The fourth-order valence-electron chi connectivity index (χ4n) is 5.85. The Morgan fingerprint density at radius 2 is 1.10 bits per heavy atom. The van der Waals surface area contributed by atoms with Gasteiger partial charge in [0.1, 0.15) is 29.0 Å². The highest BCUT2D eigenvalue weighted by Crippen LogP contribution is 2.70. The maximum Gasteiger partial charge on any atom is 0.146 e. The van der Waals surface area contributed by atoms with Gasteiger partial charge in [-0.15, -0.1) is 0 Å². The monoisotopic (exact) mass is 416 g/mol. The molecule has 1 aliphatic rings. The van der Waals surface area contributed by atoms with Gasteiger partial charge in [-0.3, -0.25) is 4.90 Å². The third-order valence-electron chi connectivity index (χ3n) is 6.79. The Bertz CT molecular complexity index is 944. The average molecular weight is 417 g/mol. The molecule has 1 atom stereocenters. The van der Waals surface area contributed by atoms with Crippen LogP contribution in [0.25, 0.3) is 0 Å². The predicted octanol–water partition coefficient (Wildman–Crippen LogP) is 5.72. The van der Waals surface area contributed by atoms with Gasteiger partial charge in [0.25, 0.3) is 0 Å². The van der Waals surface area contributed by atoms with Gasteiger partial charge in [-0.1, -0.05) is 68.4 Å². The van der Waals surface area contributed by atoms with Crippen molar-refractivity contribution in [2.24, 2.45) is 0 Å². The van der Waals surface area contributed by atoms with E-state index in [2.05, 4.69) is 131 Å². The van der Waals surface area contributed by atoms with Crippen LogP contribution < -0.4 is 15.9 Å². The van der Waals surface area contributed by atoms with Gasteiger partial charge in [0, 0.05) is 23.1 Å². The van der Waals surface area contributed by atoms with Crippen molar-refractivity contribution in [2.45, 2.75) is 64.8 Å². The zero-order valence-corrected chi connectivity index (χ0v) is 20.1. The number of hydrogen-bond donors (Lipinski definition) is 0. The highest BCUT2D eigenvalue weighted by Gasteiger charge is 2.67. The maximum absolute atomic E-state index is 2.80. The first kappa shape index (κ1) is 21.3. The number of benzene rings is 3. The van der Waals surface area contributed by atoms with Gasteiger partial charge in [-0.05, 0) is 58.0 Å². The summed E-state index contributed by atoms with van der Waals surface area (Å²) in [5.41, 5.74) is 1.56. The zero-order chi connectivity index (χ0) is 21.5. The fraction of sp³-hybridized carbons (Fsp3) is 0.357. The van der Waals surface area contributed by atoms with Crippen molar-refractivity contribution in [3.63, 3.8) is 0 Å². The molecule has 1 heterocycles. The predicted molar refractivity (Wildman–Crippen MR) is 134 cm³/mol. The summed E-state index contributed by atoms with van der Waals surface area (Å²) in [6.07, 6.45) is 0. The largest absolute Gasteiger partial charge is 0.262 e. The Labute approximate surface area is 183 Å². The molecule has 4 rings (SSSR count). The summed E-state index contributed by atoms with van der Waals surface area (Å²) in [5, 5.41) is 4.54. The minimum absolute atomic E-state index is 0.0462. The molecule has 0 amide bonds. The van der Waals surface area contributed by atoms with Crippen LogP contribution in [0.5, 0.6) is 0 Å². The Morgan fingerprint density at radius 1 is 0.667 bits per heavy atom. The SMILES string of the molecule is CC(C)N(C(C)C)C1C(C)(C)c2ccccc2[P+]1(c1ccccc1)c1ccccc1. The molecule has 3 aromatic rings. The van der Waals surface area contributed by atoms with E-state index in [0.717, 1.165) is 0 Å². The molecule has 0 N–H and O–H groups in total. The standard InChI is InChI=1S/C28H35NP/c1-21(2)29(22(3)4)27-28(5,6)25-19-13-14-20-26(25)30(27,23-15-9-7-10-16-23)24-17-11-8-12-18-24/h7-22,27H,1-6H3/q+1. The molecule has 30 heavy (non-hydrogen) atoms. The van der Waals surface area contributed by atoms with E-state index in [1.807, 2.05) is 0 Å². The van der Waals surface area contributed by atoms with Gasteiger partial charge in [-0.25, -0.2) is 0 Å². The second-order valence-corrected chi connectivity index (χ2v) is 13.1. The normalized spacial score (nSPS) is 19.4. The third-order valence-corrected chi connectivity index (χ3v) is 11.8. The van der Waals surface area contributed by atoms with E-state index in [1.165, 1.54) is 16.2 Å². The van der Waals surface area contributed by atoms with Crippen molar-refractivity contribution in [2.75, 3.05) is 0 Å². The van der Waals surface area contributed by atoms with Crippen LogP contribution in [0.4, 0.5) is 0 Å². The van der Waals surface area contributed by atoms with Crippen LogP contribution in [0.1, 0.15) is 47.1 Å². The third kappa shape index (κ3) is 3.06. The summed E-state index contributed by atoms with van der Waals surface area (Å²) in [6.45, 7) is 14.4. The van der Waals surface area contributed by atoms with E-state index >= 15 is 0 Å². The summed E-state index contributed by atoms with van der Waals surface area (Å²) in [6, 6.07) is 32.9. The molecule has 0 fully saturated rings. The molecule has 0 radical (unpaired) electrons. The Kier molecular flexibility index (Phi) is 5.64. The van der Waals surface area contributed by atoms with Crippen molar-refractivity contribution in [3.8, 4) is 0 Å². The Morgan fingerprint density at radius 3 is 1.57 bits per heavy atom. The molecule has 0 bridgehead atoms. The summed E-state index contributed by atoms with van der Waals surface area (Å²) >= 11 is 0. The van der Waals surface area contributed by atoms with Gasteiger partial charge >= 0.3 is 0 Å².